The van der Waals surface area contributed by atoms with Crippen molar-refractivity contribution in [3.05, 3.63) is 76.9 Å². The van der Waals surface area contributed by atoms with E-state index in [2.05, 4.69) is 15.1 Å². The summed E-state index contributed by atoms with van der Waals surface area (Å²) in [5.41, 5.74) is 2.86. The van der Waals surface area contributed by atoms with E-state index >= 15 is 0 Å². The molecule has 6 nitrogen and oxygen atoms in total. The highest BCUT2D eigenvalue weighted by Crippen LogP contribution is 2.27. The number of thioether (sulfide) groups is 1. The summed E-state index contributed by atoms with van der Waals surface area (Å²) in [7, 11) is 0. The van der Waals surface area contributed by atoms with E-state index in [4.69, 9.17) is 16.3 Å². The fourth-order valence-corrected chi connectivity index (χ4v) is 3.86. The van der Waals surface area contributed by atoms with E-state index in [9.17, 15) is 4.79 Å². The fraction of sp³-hybridized carbons (Fsp3) is 0.143. The molecule has 146 valence electrons. The molecule has 0 atom stereocenters. The SMILES string of the molecule is CCOC(=O)c1cnc2nc(SCc3cccc(Cl)c3)nn2c1-c1ccccc1. The Labute approximate surface area is 176 Å². The third-order valence-electron chi connectivity index (χ3n) is 4.15. The van der Waals surface area contributed by atoms with Crippen LogP contribution in [-0.4, -0.2) is 32.2 Å². The van der Waals surface area contributed by atoms with Crippen LogP contribution in [0.15, 0.2) is 66.0 Å². The molecule has 0 amide bonds. The molecule has 0 radical (unpaired) electrons. The molecule has 29 heavy (non-hydrogen) atoms. The molecule has 4 rings (SSSR count). The van der Waals surface area contributed by atoms with Gasteiger partial charge in [-0.2, -0.15) is 9.50 Å². The van der Waals surface area contributed by atoms with E-state index in [1.807, 2.05) is 54.6 Å². The van der Waals surface area contributed by atoms with E-state index in [1.54, 1.807) is 11.4 Å². The van der Waals surface area contributed by atoms with Crippen LogP contribution in [0.1, 0.15) is 22.8 Å². The lowest BCUT2D eigenvalue weighted by Crippen LogP contribution is -2.11. The van der Waals surface area contributed by atoms with Crippen LogP contribution in [-0.2, 0) is 10.5 Å². The molecular weight excluding hydrogens is 408 g/mol. The molecule has 0 unspecified atom stereocenters. The molecule has 0 spiro atoms. The van der Waals surface area contributed by atoms with Crippen molar-refractivity contribution in [1.82, 2.24) is 19.6 Å². The van der Waals surface area contributed by atoms with Crippen molar-refractivity contribution in [3.8, 4) is 11.3 Å². The standard InChI is InChI=1S/C21H17ClN4O2S/c1-2-28-19(27)17-12-23-20-24-21(29-13-14-7-6-10-16(22)11-14)25-26(20)18(17)15-8-4-3-5-9-15/h3-12H,2,13H2,1H3. The van der Waals surface area contributed by atoms with Crippen molar-refractivity contribution in [2.45, 2.75) is 17.8 Å². The Hall–Kier alpha value is -2.90. The van der Waals surface area contributed by atoms with E-state index in [1.165, 1.54) is 18.0 Å². The van der Waals surface area contributed by atoms with Gasteiger partial charge in [0.1, 0.15) is 5.56 Å². The van der Waals surface area contributed by atoms with Gasteiger partial charge in [-0.05, 0) is 24.6 Å². The van der Waals surface area contributed by atoms with Crippen LogP contribution in [0, 0.1) is 0 Å². The first-order valence-corrected chi connectivity index (χ1v) is 10.4. The predicted molar refractivity (Wildman–Crippen MR) is 113 cm³/mol. The second-order valence-corrected chi connectivity index (χ2v) is 7.51. The second kappa shape index (κ2) is 8.63. The Bertz CT molecular complexity index is 1160. The molecule has 0 fully saturated rings. The molecule has 0 bridgehead atoms. The van der Waals surface area contributed by atoms with E-state index in [0.29, 0.717) is 33.0 Å². The van der Waals surface area contributed by atoms with Crippen LogP contribution in [0.4, 0.5) is 0 Å². The van der Waals surface area contributed by atoms with E-state index in [-0.39, 0.29) is 6.61 Å². The maximum atomic E-state index is 12.5. The first kappa shape index (κ1) is 19.4. The minimum atomic E-state index is -0.440. The maximum absolute atomic E-state index is 12.5. The van der Waals surface area contributed by atoms with Crippen molar-refractivity contribution in [2.75, 3.05) is 6.61 Å². The molecule has 2 aromatic carbocycles. The monoisotopic (exact) mass is 424 g/mol. The predicted octanol–water partition coefficient (Wildman–Crippen LogP) is 4.91. The first-order valence-electron chi connectivity index (χ1n) is 9.01. The molecule has 0 aliphatic rings. The number of carbonyl (C=O) groups excluding carboxylic acids is 1. The molecule has 2 heterocycles. The Morgan fingerprint density at radius 2 is 2.00 bits per heavy atom. The lowest BCUT2D eigenvalue weighted by Gasteiger charge is -2.09. The maximum Gasteiger partial charge on any atom is 0.341 e. The van der Waals surface area contributed by atoms with Crippen LogP contribution in [0.25, 0.3) is 17.0 Å². The summed E-state index contributed by atoms with van der Waals surface area (Å²) in [5.74, 6) is 0.651. The average molecular weight is 425 g/mol. The van der Waals surface area contributed by atoms with Gasteiger partial charge in [0.05, 0.1) is 12.3 Å². The molecule has 8 heteroatoms. The summed E-state index contributed by atoms with van der Waals surface area (Å²) in [6.07, 6.45) is 1.50. The van der Waals surface area contributed by atoms with Crippen molar-refractivity contribution >= 4 is 35.1 Å². The number of nitrogens with zero attached hydrogens (tertiary/aromatic N) is 4. The molecule has 0 saturated carbocycles. The number of halogens is 1. The van der Waals surface area contributed by atoms with Crippen molar-refractivity contribution in [2.24, 2.45) is 0 Å². The minimum Gasteiger partial charge on any atom is -0.462 e. The Morgan fingerprint density at radius 3 is 2.76 bits per heavy atom. The van der Waals surface area contributed by atoms with Gasteiger partial charge in [-0.25, -0.2) is 9.78 Å². The summed E-state index contributed by atoms with van der Waals surface area (Å²) in [4.78, 5) is 21.3. The highest BCUT2D eigenvalue weighted by molar-refractivity contribution is 7.98. The molecular formula is C21H17ClN4O2S. The van der Waals surface area contributed by atoms with Crippen LogP contribution in [0.3, 0.4) is 0 Å². The van der Waals surface area contributed by atoms with Crippen molar-refractivity contribution < 1.29 is 9.53 Å². The van der Waals surface area contributed by atoms with E-state index < -0.39 is 5.97 Å². The topological polar surface area (TPSA) is 69.4 Å². The number of esters is 1. The van der Waals surface area contributed by atoms with Crippen LogP contribution >= 0.6 is 23.4 Å². The Balaban J connectivity index is 1.74. The van der Waals surface area contributed by atoms with Crippen LogP contribution < -0.4 is 0 Å². The zero-order valence-corrected chi connectivity index (χ0v) is 17.2. The normalized spacial score (nSPS) is 11.0. The molecule has 4 aromatic rings. The molecule has 0 aliphatic heterocycles. The number of fused-ring (bicyclic) bond motifs is 1. The van der Waals surface area contributed by atoms with Crippen molar-refractivity contribution in [1.29, 1.82) is 0 Å². The first-order chi connectivity index (χ1) is 14.2. The van der Waals surface area contributed by atoms with E-state index in [0.717, 1.165) is 11.1 Å². The summed E-state index contributed by atoms with van der Waals surface area (Å²) in [6, 6.07) is 17.2. The van der Waals surface area contributed by atoms with Gasteiger partial charge >= 0.3 is 5.97 Å². The number of rotatable bonds is 6. The minimum absolute atomic E-state index is 0.281. The third-order valence-corrected chi connectivity index (χ3v) is 5.29. The fourth-order valence-electron chi connectivity index (χ4n) is 2.88. The molecule has 0 aliphatic carbocycles. The lowest BCUT2D eigenvalue weighted by molar-refractivity contribution is 0.0526. The van der Waals surface area contributed by atoms with Crippen molar-refractivity contribution in [3.63, 3.8) is 0 Å². The number of benzene rings is 2. The van der Waals surface area contributed by atoms with Gasteiger partial charge in [-0.15, -0.1) is 5.10 Å². The third kappa shape index (κ3) is 4.26. The smallest absolute Gasteiger partial charge is 0.341 e. The largest absolute Gasteiger partial charge is 0.462 e. The number of carbonyl (C=O) groups is 1. The Morgan fingerprint density at radius 1 is 1.17 bits per heavy atom. The number of aromatic nitrogens is 4. The number of hydrogen-bond donors (Lipinski definition) is 0. The lowest BCUT2D eigenvalue weighted by atomic mass is 10.1. The highest BCUT2D eigenvalue weighted by Gasteiger charge is 2.20. The van der Waals surface area contributed by atoms with Crippen LogP contribution in [0.5, 0.6) is 0 Å². The number of ether oxygens (including phenoxy) is 1. The summed E-state index contributed by atoms with van der Waals surface area (Å²) < 4.78 is 6.80. The van der Waals surface area contributed by atoms with Gasteiger partial charge in [-0.3, -0.25) is 0 Å². The summed E-state index contributed by atoms with van der Waals surface area (Å²) in [6.45, 7) is 2.05. The van der Waals surface area contributed by atoms with Gasteiger partial charge < -0.3 is 4.74 Å². The van der Waals surface area contributed by atoms with Gasteiger partial charge in [0.15, 0.2) is 0 Å². The Kier molecular flexibility index (Phi) is 5.78. The quantitative estimate of drug-likeness (QED) is 0.323. The molecule has 2 aromatic heterocycles. The zero-order chi connectivity index (χ0) is 20.2. The summed E-state index contributed by atoms with van der Waals surface area (Å²) >= 11 is 7.53. The van der Waals surface area contributed by atoms with Gasteiger partial charge in [0.25, 0.3) is 5.78 Å². The van der Waals surface area contributed by atoms with Crippen LogP contribution in [0.2, 0.25) is 5.02 Å². The summed E-state index contributed by atoms with van der Waals surface area (Å²) in [5, 5.41) is 5.85. The zero-order valence-electron chi connectivity index (χ0n) is 15.6. The molecule has 0 N–H and O–H groups in total. The van der Waals surface area contributed by atoms with Gasteiger partial charge in [0.2, 0.25) is 5.16 Å². The van der Waals surface area contributed by atoms with Gasteiger partial charge in [0, 0.05) is 22.5 Å². The average Bonchev–Trinajstić information content (AvgIpc) is 3.15. The molecule has 0 saturated heterocycles. The second-order valence-electron chi connectivity index (χ2n) is 6.13. The number of hydrogen-bond acceptors (Lipinski definition) is 6. The van der Waals surface area contributed by atoms with Gasteiger partial charge in [-0.1, -0.05) is 65.8 Å². The highest BCUT2D eigenvalue weighted by atomic mass is 35.5.